The third-order valence-corrected chi connectivity index (χ3v) is 6.59. The number of hydrogen-bond acceptors (Lipinski definition) is 3. The minimum absolute atomic E-state index is 0.180. The monoisotopic (exact) mass is 526 g/mol. The zero-order chi connectivity index (χ0) is 26.1. The van der Waals surface area contributed by atoms with E-state index in [9.17, 15) is 9.59 Å². The SMILES string of the molecule is CCNC(=O)[C@@H](Cc1ccccc1)N(Cc1ccc(Cl)c(Cl)c1)C(=O)COc1ccccc1C(C)C. The molecule has 190 valence electrons. The number of para-hydroxylation sites is 1. The first kappa shape index (κ1) is 27.6. The fourth-order valence-corrected chi connectivity index (χ4v) is 4.31. The summed E-state index contributed by atoms with van der Waals surface area (Å²) in [6.45, 7) is 6.44. The number of carbonyl (C=O) groups excluding carboxylic acids is 2. The zero-order valence-corrected chi connectivity index (χ0v) is 22.4. The van der Waals surface area contributed by atoms with E-state index in [0.717, 1.165) is 16.7 Å². The average Bonchev–Trinajstić information content (AvgIpc) is 2.87. The van der Waals surface area contributed by atoms with Crippen molar-refractivity contribution in [3.8, 4) is 5.75 Å². The molecule has 36 heavy (non-hydrogen) atoms. The maximum Gasteiger partial charge on any atom is 0.261 e. The third-order valence-electron chi connectivity index (χ3n) is 5.85. The second kappa shape index (κ2) is 13.3. The normalized spacial score (nSPS) is 11.7. The van der Waals surface area contributed by atoms with Gasteiger partial charge in [-0.3, -0.25) is 9.59 Å². The number of nitrogens with zero attached hydrogens (tertiary/aromatic N) is 1. The Balaban J connectivity index is 1.93. The van der Waals surface area contributed by atoms with Crippen LogP contribution in [0.25, 0.3) is 0 Å². The lowest BCUT2D eigenvalue weighted by atomic mass is 10.0. The van der Waals surface area contributed by atoms with Gasteiger partial charge in [0, 0.05) is 19.5 Å². The van der Waals surface area contributed by atoms with Gasteiger partial charge in [0.05, 0.1) is 10.0 Å². The molecule has 0 radical (unpaired) electrons. The van der Waals surface area contributed by atoms with E-state index in [0.29, 0.717) is 28.8 Å². The molecular formula is C29H32Cl2N2O3. The van der Waals surface area contributed by atoms with Gasteiger partial charge in [-0.05, 0) is 47.7 Å². The molecule has 3 rings (SSSR count). The van der Waals surface area contributed by atoms with Crippen molar-refractivity contribution >= 4 is 35.0 Å². The molecule has 0 saturated heterocycles. The van der Waals surface area contributed by atoms with E-state index in [1.165, 1.54) is 0 Å². The van der Waals surface area contributed by atoms with Gasteiger partial charge in [-0.2, -0.15) is 0 Å². The highest BCUT2D eigenvalue weighted by Crippen LogP contribution is 2.27. The summed E-state index contributed by atoms with van der Waals surface area (Å²) >= 11 is 12.3. The molecule has 0 aliphatic carbocycles. The fraction of sp³-hybridized carbons (Fsp3) is 0.310. The van der Waals surface area contributed by atoms with Gasteiger partial charge in [0.1, 0.15) is 11.8 Å². The Kier molecular flexibility index (Phi) is 10.2. The topological polar surface area (TPSA) is 58.6 Å². The second-order valence-corrected chi connectivity index (χ2v) is 9.67. The van der Waals surface area contributed by atoms with Gasteiger partial charge in [-0.25, -0.2) is 0 Å². The van der Waals surface area contributed by atoms with E-state index in [-0.39, 0.29) is 30.9 Å². The minimum Gasteiger partial charge on any atom is -0.483 e. The van der Waals surface area contributed by atoms with Crippen molar-refractivity contribution in [1.29, 1.82) is 0 Å². The smallest absolute Gasteiger partial charge is 0.261 e. The van der Waals surface area contributed by atoms with Crippen LogP contribution in [0.4, 0.5) is 0 Å². The van der Waals surface area contributed by atoms with Crippen LogP contribution in [0.15, 0.2) is 72.8 Å². The number of rotatable bonds is 11. The van der Waals surface area contributed by atoms with E-state index in [1.54, 1.807) is 23.1 Å². The Morgan fingerprint density at radius 2 is 1.61 bits per heavy atom. The van der Waals surface area contributed by atoms with Gasteiger partial charge in [0.2, 0.25) is 5.91 Å². The molecule has 0 saturated carbocycles. The highest BCUT2D eigenvalue weighted by molar-refractivity contribution is 6.42. The first-order chi connectivity index (χ1) is 17.3. The van der Waals surface area contributed by atoms with Crippen LogP contribution in [0.1, 0.15) is 43.4 Å². The maximum absolute atomic E-state index is 13.7. The molecule has 0 spiro atoms. The molecular weight excluding hydrogens is 495 g/mol. The lowest BCUT2D eigenvalue weighted by molar-refractivity contribution is -0.142. The number of benzene rings is 3. The molecule has 0 aromatic heterocycles. The Morgan fingerprint density at radius 3 is 2.28 bits per heavy atom. The molecule has 5 nitrogen and oxygen atoms in total. The lowest BCUT2D eigenvalue weighted by Gasteiger charge is -2.31. The predicted molar refractivity (Wildman–Crippen MR) is 146 cm³/mol. The van der Waals surface area contributed by atoms with Crippen molar-refractivity contribution in [2.24, 2.45) is 0 Å². The van der Waals surface area contributed by atoms with Crippen LogP contribution in [-0.4, -0.2) is 35.9 Å². The molecule has 0 heterocycles. The van der Waals surface area contributed by atoms with Gasteiger partial charge >= 0.3 is 0 Å². The number of halogens is 2. The number of carbonyl (C=O) groups is 2. The first-order valence-electron chi connectivity index (χ1n) is 12.1. The van der Waals surface area contributed by atoms with Crippen molar-refractivity contribution in [3.05, 3.63) is 99.5 Å². The summed E-state index contributed by atoms with van der Waals surface area (Å²) in [5.74, 6) is 0.377. The number of nitrogens with one attached hydrogen (secondary N) is 1. The van der Waals surface area contributed by atoms with E-state index in [2.05, 4.69) is 19.2 Å². The summed E-state index contributed by atoms with van der Waals surface area (Å²) < 4.78 is 5.99. The molecule has 0 fully saturated rings. The highest BCUT2D eigenvalue weighted by atomic mass is 35.5. The summed E-state index contributed by atoms with van der Waals surface area (Å²) in [5, 5.41) is 3.70. The van der Waals surface area contributed by atoms with E-state index in [1.807, 2.05) is 61.5 Å². The molecule has 7 heteroatoms. The van der Waals surface area contributed by atoms with Crippen LogP contribution < -0.4 is 10.1 Å². The Hall–Kier alpha value is -3.02. The van der Waals surface area contributed by atoms with E-state index >= 15 is 0 Å². The summed E-state index contributed by atoms with van der Waals surface area (Å²) in [4.78, 5) is 28.5. The van der Waals surface area contributed by atoms with Crippen molar-refractivity contribution in [2.45, 2.75) is 45.7 Å². The van der Waals surface area contributed by atoms with Crippen molar-refractivity contribution in [3.63, 3.8) is 0 Å². The standard InChI is InChI=1S/C29H32Cl2N2O3/c1-4-32-29(35)26(17-21-10-6-5-7-11-21)33(18-22-14-15-24(30)25(31)16-22)28(34)19-36-27-13-9-8-12-23(27)20(2)3/h5-16,20,26H,4,17-19H2,1-3H3,(H,32,35)/t26-/m1/s1. The summed E-state index contributed by atoms with van der Waals surface area (Å²) in [7, 11) is 0. The summed E-state index contributed by atoms with van der Waals surface area (Å²) in [6.07, 6.45) is 0.363. The van der Waals surface area contributed by atoms with Crippen molar-refractivity contribution in [2.75, 3.05) is 13.2 Å². The Bertz CT molecular complexity index is 1170. The maximum atomic E-state index is 13.7. The average molecular weight is 527 g/mol. The van der Waals surface area contributed by atoms with Crippen LogP contribution >= 0.6 is 23.2 Å². The summed E-state index contributed by atoms with van der Waals surface area (Å²) in [6, 6.07) is 21.8. The van der Waals surface area contributed by atoms with E-state index < -0.39 is 6.04 Å². The Morgan fingerprint density at radius 1 is 0.917 bits per heavy atom. The summed E-state index contributed by atoms with van der Waals surface area (Å²) in [5.41, 5.74) is 2.74. The van der Waals surface area contributed by atoms with Crippen molar-refractivity contribution in [1.82, 2.24) is 10.2 Å². The second-order valence-electron chi connectivity index (χ2n) is 8.85. The zero-order valence-electron chi connectivity index (χ0n) is 20.8. The molecule has 0 aliphatic heterocycles. The van der Waals surface area contributed by atoms with Crippen molar-refractivity contribution < 1.29 is 14.3 Å². The number of ether oxygens (including phenoxy) is 1. The molecule has 0 bridgehead atoms. The van der Waals surface area contributed by atoms with Gasteiger partial charge in [-0.15, -0.1) is 0 Å². The van der Waals surface area contributed by atoms with Crippen LogP contribution in [0.2, 0.25) is 10.0 Å². The molecule has 0 unspecified atom stereocenters. The Labute approximate surface area is 223 Å². The molecule has 1 N–H and O–H groups in total. The highest BCUT2D eigenvalue weighted by Gasteiger charge is 2.30. The van der Waals surface area contributed by atoms with Gasteiger partial charge in [0.15, 0.2) is 6.61 Å². The minimum atomic E-state index is -0.738. The third kappa shape index (κ3) is 7.49. The molecule has 3 aromatic carbocycles. The van der Waals surface area contributed by atoms with Gasteiger partial charge in [0.25, 0.3) is 5.91 Å². The van der Waals surface area contributed by atoms with Crippen LogP contribution in [0.5, 0.6) is 5.75 Å². The molecule has 3 aromatic rings. The molecule has 2 amide bonds. The van der Waals surface area contributed by atoms with E-state index in [4.69, 9.17) is 27.9 Å². The quantitative estimate of drug-likeness (QED) is 0.320. The molecule has 1 atom stereocenters. The lowest BCUT2D eigenvalue weighted by Crippen LogP contribution is -2.51. The van der Waals surface area contributed by atoms with Crippen LogP contribution in [0, 0.1) is 0 Å². The number of hydrogen-bond donors (Lipinski definition) is 1. The van der Waals surface area contributed by atoms with Gasteiger partial charge in [-0.1, -0.05) is 91.6 Å². The largest absolute Gasteiger partial charge is 0.483 e. The fourth-order valence-electron chi connectivity index (χ4n) is 3.99. The predicted octanol–water partition coefficient (Wildman–Crippen LogP) is 6.27. The molecule has 0 aliphatic rings. The van der Waals surface area contributed by atoms with Crippen LogP contribution in [-0.2, 0) is 22.6 Å². The van der Waals surface area contributed by atoms with Crippen LogP contribution in [0.3, 0.4) is 0 Å². The first-order valence-corrected chi connectivity index (χ1v) is 12.8. The number of likely N-dealkylation sites (N-methyl/N-ethyl adjacent to an activating group) is 1. The number of amides is 2. The van der Waals surface area contributed by atoms with Gasteiger partial charge < -0.3 is 15.0 Å².